The third-order valence-corrected chi connectivity index (χ3v) is 3.96. The Kier molecular flexibility index (Phi) is 3.29. The standard InChI is InChI=1S/C15H17N3O3/c1-17-7-5-10-3-2-4-12(13(10)17)16-15(21)18-8-6-11(9-18)14(19)20/h2-5,7,11H,6,8-9H2,1H3,(H,16,21)(H,19,20). The van der Waals surface area contributed by atoms with Crippen molar-refractivity contribution in [2.75, 3.05) is 18.4 Å². The predicted octanol–water partition coefficient (Wildman–Crippen LogP) is 2.12. The number of nitrogens with one attached hydrogen (secondary N) is 1. The Hall–Kier alpha value is -2.50. The number of urea groups is 1. The number of carbonyl (C=O) groups excluding carboxylic acids is 1. The van der Waals surface area contributed by atoms with Crippen LogP contribution in [0.4, 0.5) is 10.5 Å². The maximum absolute atomic E-state index is 12.3. The Morgan fingerprint density at radius 1 is 1.33 bits per heavy atom. The van der Waals surface area contributed by atoms with Gasteiger partial charge in [0.25, 0.3) is 0 Å². The molecule has 6 nitrogen and oxygen atoms in total. The fourth-order valence-electron chi connectivity index (χ4n) is 2.80. The van der Waals surface area contributed by atoms with E-state index in [0.717, 1.165) is 16.6 Å². The summed E-state index contributed by atoms with van der Waals surface area (Å²) >= 11 is 0. The molecule has 6 heteroatoms. The van der Waals surface area contributed by atoms with Gasteiger partial charge >= 0.3 is 12.0 Å². The lowest BCUT2D eigenvalue weighted by molar-refractivity contribution is -0.141. The molecule has 1 unspecified atom stereocenters. The van der Waals surface area contributed by atoms with E-state index in [9.17, 15) is 9.59 Å². The van der Waals surface area contributed by atoms with Gasteiger partial charge in [-0.1, -0.05) is 12.1 Å². The third-order valence-electron chi connectivity index (χ3n) is 3.96. The number of fused-ring (bicyclic) bond motifs is 1. The Labute approximate surface area is 122 Å². The smallest absolute Gasteiger partial charge is 0.321 e. The first-order chi connectivity index (χ1) is 10.1. The molecule has 0 radical (unpaired) electrons. The van der Waals surface area contributed by atoms with Crippen molar-refractivity contribution in [2.45, 2.75) is 6.42 Å². The van der Waals surface area contributed by atoms with Gasteiger partial charge in [-0.05, 0) is 18.6 Å². The van der Waals surface area contributed by atoms with Gasteiger partial charge in [0, 0.05) is 31.7 Å². The van der Waals surface area contributed by atoms with E-state index in [1.165, 1.54) is 0 Å². The molecule has 0 bridgehead atoms. The third kappa shape index (κ3) is 2.44. The van der Waals surface area contributed by atoms with E-state index < -0.39 is 11.9 Å². The summed E-state index contributed by atoms with van der Waals surface area (Å²) in [6, 6.07) is 7.47. The molecule has 1 saturated heterocycles. The first-order valence-corrected chi connectivity index (χ1v) is 6.89. The predicted molar refractivity (Wildman–Crippen MR) is 79.3 cm³/mol. The lowest BCUT2D eigenvalue weighted by Gasteiger charge is -2.17. The van der Waals surface area contributed by atoms with E-state index >= 15 is 0 Å². The zero-order valence-electron chi connectivity index (χ0n) is 11.7. The number of carboxylic acids is 1. The summed E-state index contributed by atoms with van der Waals surface area (Å²) in [5, 5.41) is 12.9. The lowest BCUT2D eigenvalue weighted by Crippen LogP contribution is -2.33. The fraction of sp³-hybridized carbons (Fsp3) is 0.333. The van der Waals surface area contributed by atoms with E-state index in [2.05, 4.69) is 5.32 Å². The average Bonchev–Trinajstić information content (AvgIpc) is 3.07. The molecule has 110 valence electrons. The SMILES string of the molecule is Cn1ccc2cccc(NC(=O)N3CCC(C(=O)O)C3)c21. The van der Waals surface area contributed by atoms with E-state index in [-0.39, 0.29) is 12.6 Å². The fourth-order valence-corrected chi connectivity index (χ4v) is 2.80. The maximum Gasteiger partial charge on any atom is 0.321 e. The summed E-state index contributed by atoms with van der Waals surface area (Å²) in [6.07, 6.45) is 2.45. The van der Waals surface area contributed by atoms with Gasteiger partial charge < -0.3 is 19.9 Å². The van der Waals surface area contributed by atoms with Crippen molar-refractivity contribution in [3.05, 3.63) is 30.5 Å². The molecule has 2 heterocycles. The van der Waals surface area contributed by atoms with Crippen molar-refractivity contribution in [1.82, 2.24) is 9.47 Å². The van der Waals surface area contributed by atoms with Crippen molar-refractivity contribution in [3.8, 4) is 0 Å². The van der Waals surface area contributed by atoms with Crippen molar-refractivity contribution >= 4 is 28.6 Å². The summed E-state index contributed by atoms with van der Waals surface area (Å²) in [5.74, 6) is -1.29. The minimum absolute atomic E-state index is 0.243. The summed E-state index contributed by atoms with van der Waals surface area (Å²) in [5.41, 5.74) is 1.70. The van der Waals surface area contributed by atoms with Crippen LogP contribution in [-0.4, -0.2) is 39.7 Å². The summed E-state index contributed by atoms with van der Waals surface area (Å²) in [4.78, 5) is 24.8. The number of rotatable bonds is 2. The first-order valence-electron chi connectivity index (χ1n) is 6.89. The van der Waals surface area contributed by atoms with Crippen LogP contribution in [0.2, 0.25) is 0 Å². The van der Waals surface area contributed by atoms with Gasteiger partial charge in [0.2, 0.25) is 0 Å². The highest BCUT2D eigenvalue weighted by Gasteiger charge is 2.31. The number of carbonyl (C=O) groups is 2. The van der Waals surface area contributed by atoms with E-state index in [1.807, 2.05) is 42.1 Å². The number of carboxylic acid groups (broad SMARTS) is 1. The van der Waals surface area contributed by atoms with Crippen LogP contribution in [0.3, 0.4) is 0 Å². The second kappa shape index (κ2) is 5.12. The highest BCUT2D eigenvalue weighted by atomic mass is 16.4. The van der Waals surface area contributed by atoms with Crippen LogP contribution in [0, 0.1) is 5.92 Å². The van der Waals surface area contributed by atoms with Crippen molar-refractivity contribution in [3.63, 3.8) is 0 Å². The van der Waals surface area contributed by atoms with Crippen LogP contribution in [0.5, 0.6) is 0 Å². The molecule has 21 heavy (non-hydrogen) atoms. The van der Waals surface area contributed by atoms with Crippen LogP contribution < -0.4 is 5.32 Å². The molecule has 1 atom stereocenters. The number of anilines is 1. The van der Waals surface area contributed by atoms with Gasteiger partial charge in [0.15, 0.2) is 0 Å². The Bertz CT molecular complexity index is 707. The van der Waals surface area contributed by atoms with Gasteiger partial charge in [-0.15, -0.1) is 0 Å². The van der Waals surface area contributed by atoms with Crippen LogP contribution >= 0.6 is 0 Å². The zero-order valence-corrected chi connectivity index (χ0v) is 11.7. The molecule has 1 fully saturated rings. The second-order valence-corrected chi connectivity index (χ2v) is 5.37. The highest BCUT2D eigenvalue weighted by Crippen LogP contribution is 2.25. The number of aryl methyl sites for hydroxylation is 1. The van der Waals surface area contributed by atoms with Crippen molar-refractivity contribution < 1.29 is 14.7 Å². The van der Waals surface area contributed by atoms with Gasteiger partial charge in [-0.3, -0.25) is 4.79 Å². The largest absolute Gasteiger partial charge is 0.481 e. The number of likely N-dealkylation sites (tertiary alicyclic amines) is 1. The second-order valence-electron chi connectivity index (χ2n) is 5.37. The molecular weight excluding hydrogens is 270 g/mol. The van der Waals surface area contributed by atoms with E-state index in [1.54, 1.807) is 4.90 Å². The normalized spacial score (nSPS) is 18.1. The molecule has 1 aliphatic heterocycles. The van der Waals surface area contributed by atoms with Crippen molar-refractivity contribution in [2.24, 2.45) is 13.0 Å². The molecule has 1 aromatic heterocycles. The van der Waals surface area contributed by atoms with Crippen LogP contribution in [-0.2, 0) is 11.8 Å². The number of hydrogen-bond acceptors (Lipinski definition) is 2. The minimum atomic E-state index is -0.838. The number of amides is 2. The van der Waals surface area contributed by atoms with Gasteiger partial charge in [0.05, 0.1) is 17.1 Å². The quantitative estimate of drug-likeness (QED) is 0.888. The molecule has 0 saturated carbocycles. The van der Waals surface area contributed by atoms with Crippen molar-refractivity contribution in [1.29, 1.82) is 0 Å². The molecule has 3 rings (SSSR count). The Morgan fingerprint density at radius 3 is 2.86 bits per heavy atom. The topological polar surface area (TPSA) is 74.6 Å². The summed E-state index contributed by atoms with van der Waals surface area (Å²) < 4.78 is 1.95. The van der Waals surface area contributed by atoms with Crippen LogP contribution in [0.1, 0.15) is 6.42 Å². The zero-order chi connectivity index (χ0) is 15.0. The molecule has 1 aromatic carbocycles. The monoisotopic (exact) mass is 287 g/mol. The Balaban J connectivity index is 1.78. The number of aromatic nitrogens is 1. The molecule has 2 aromatic rings. The lowest BCUT2D eigenvalue weighted by atomic mass is 10.1. The van der Waals surface area contributed by atoms with Gasteiger partial charge in [0.1, 0.15) is 0 Å². The molecular formula is C15H17N3O3. The van der Waals surface area contributed by atoms with Crippen LogP contribution in [0.15, 0.2) is 30.5 Å². The Morgan fingerprint density at radius 2 is 2.14 bits per heavy atom. The maximum atomic E-state index is 12.3. The minimum Gasteiger partial charge on any atom is -0.481 e. The number of hydrogen-bond donors (Lipinski definition) is 2. The van der Waals surface area contributed by atoms with Gasteiger partial charge in [-0.2, -0.15) is 0 Å². The number of nitrogens with zero attached hydrogens (tertiary/aromatic N) is 2. The molecule has 1 aliphatic rings. The van der Waals surface area contributed by atoms with E-state index in [4.69, 9.17) is 5.11 Å². The highest BCUT2D eigenvalue weighted by molar-refractivity contribution is 6.00. The number of aliphatic carboxylic acids is 1. The van der Waals surface area contributed by atoms with Crippen LogP contribution in [0.25, 0.3) is 10.9 Å². The molecule has 0 aliphatic carbocycles. The summed E-state index contributed by atoms with van der Waals surface area (Å²) in [6.45, 7) is 0.746. The molecule has 2 amide bonds. The van der Waals surface area contributed by atoms with Gasteiger partial charge in [-0.25, -0.2) is 4.79 Å². The number of para-hydroxylation sites is 1. The molecule has 2 N–H and O–H groups in total. The average molecular weight is 287 g/mol. The molecule has 0 spiro atoms. The number of benzene rings is 1. The van der Waals surface area contributed by atoms with E-state index in [0.29, 0.717) is 13.0 Å². The first kappa shape index (κ1) is 13.5. The summed E-state index contributed by atoms with van der Waals surface area (Å²) in [7, 11) is 1.92.